The molecule has 0 N–H and O–H groups in total. The Morgan fingerprint density at radius 1 is 1.35 bits per heavy atom. The molecule has 3 heterocycles. The topological polar surface area (TPSA) is 59.7 Å². The molecule has 2 aromatic heterocycles. The van der Waals surface area contributed by atoms with E-state index < -0.39 is 0 Å². The molecule has 0 unspecified atom stereocenters. The minimum atomic E-state index is 0.291. The van der Waals surface area contributed by atoms with E-state index in [1.807, 2.05) is 6.92 Å². The van der Waals surface area contributed by atoms with E-state index >= 15 is 0 Å². The maximum absolute atomic E-state index is 4.37. The van der Waals surface area contributed by atoms with Crippen molar-refractivity contribution in [1.29, 1.82) is 0 Å². The van der Waals surface area contributed by atoms with E-state index in [1.165, 1.54) is 11.5 Å². The van der Waals surface area contributed by atoms with Crippen LogP contribution >= 0.6 is 34.4 Å². The average Bonchev–Trinajstić information content (AvgIpc) is 2.89. The lowest BCUT2D eigenvalue weighted by atomic mass is 10.2. The quantitative estimate of drug-likeness (QED) is 0.572. The number of halogens is 1. The van der Waals surface area contributed by atoms with Crippen LogP contribution in [0.25, 0.3) is 10.8 Å². The van der Waals surface area contributed by atoms with Crippen molar-refractivity contribution in [3.8, 4) is 10.8 Å². The van der Waals surface area contributed by atoms with Crippen molar-refractivity contribution in [2.75, 3.05) is 6.54 Å². The highest BCUT2D eigenvalue weighted by Crippen LogP contribution is 2.30. The Morgan fingerprint density at radius 2 is 2.18 bits per heavy atom. The molecule has 0 aromatic carbocycles. The third kappa shape index (κ3) is 1.87. The maximum atomic E-state index is 4.37. The molecule has 8 heteroatoms. The number of hydrogen-bond acceptors (Lipinski definition) is 6. The Bertz CT molecular complexity index is 549. The zero-order valence-electron chi connectivity index (χ0n) is 9.46. The van der Waals surface area contributed by atoms with E-state index in [4.69, 9.17) is 0 Å². The van der Waals surface area contributed by atoms with Gasteiger partial charge in [0.25, 0.3) is 0 Å². The van der Waals surface area contributed by atoms with E-state index in [1.54, 1.807) is 0 Å². The van der Waals surface area contributed by atoms with Gasteiger partial charge in [-0.05, 0) is 25.4 Å². The molecule has 1 aliphatic heterocycles. The van der Waals surface area contributed by atoms with Crippen LogP contribution in [0.3, 0.4) is 0 Å². The lowest BCUT2D eigenvalue weighted by molar-refractivity contribution is 0.327. The molecule has 0 fully saturated rings. The standard InChI is InChI=1S/C9H11IN6S/c1-5-7-12-13-8(9-11-6(2)14-17-9)15(7)3-4-16(5)10/h5H,3-4H2,1-2H3/t5-/m1/s1. The smallest absolute Gasteiger partial charge is 0.194 e. The highest BCUT2D eigenvalue weighted by atomic mass is 127. The van der Waals surface area contributed by atoms with Crippen molar-refractivity contribution in [2.45, 2.75) is 26.4 Å². The molecular formula is C9H11IN6S. The molecule has 90 valence electrons. The summed E-state index contributed by atoms with van der Waals surface area (Å²) in [6.07, 6.45) is 0. The molecule has 0 aliphatic carbocycles. The molecule has 0 saturated heterocycles. The van der Waals surface area contributed by atoms with Gasteiger partial charge in [0.1, 0.15) is 5.82 Å². The highest BCUT2D eigenvalue weighted by molar-refractivity contribution is 14.1. The van der Waals surface area contributed by atoms with Gasteiger partial charge in [0.05, 0.1) is 6.04 Å². The molecule has 0 spiro atoms. The molecule has 6 nitrogen and oxygen atoms in total. The van der Waals surface area contributed by atoms with Gasteiger partial charge in [0.2, 0.25) is 0 Å². The summed E-state index contributed by atoms with van der Waals surface area (Å²) >= 11 is 3.72. The van der Waals surface area contributed by atoms with E-state index in [2.05, 4.69) is 57.0 Å². The SMILES string of the molecule is Cc1nsc(-c2nnc3n2CCN(I)[C@@H]3C)n1. The van der Waals surface area contributed by atoms with Crippen LogP contribution in [0.2, 0.25) is 0 Å². The van der Waals surface area contributed by atoms with Crippen LogP contribution in [0.5, 0.6) is 0 Å². The summed E-state index contributed by atoms with van der Waals surface area (Å²) in [6.45, 7) is 5.94. The van der Waals surface area contributed by atoms with Crippen LogP contribution in [-0.4, -0.2) is 33.8 Å². The van der Waals surface area contributed by atoms with Gasteiger partial charge < -0.3 is 4.57 Å². The minimum absolute atomic E-state index is 0.291. The zero-order chi connectivity index (χ0) is 12.0. The monoisotopic (exact) mass is 362 g/mol. The van der Waals surface area contributed by atoms with E-state index in [0.29, 0.717) is 6.04 Å². The summed E-state index contributed by atoms with van der Waals surface area (Å²) in [4.78, 5) is 4.37. The number of hydrogen-bond donors (Lipinski definition) is 0. The van der Waals surface area contributed by atoms with Gasteiger partial charge >= 0.3 is 0 Å². The number of fused-ring (bicyclic) bond motifs is 1. The van der Waals surface area contributed by atoms with Crippen molar-refractivity contribution < 1.29 is 0 Å². The number of rotatable bonds is 1. The number of nitrogens with zero attached hydrogens (tertiary/aromatic N) is 6. The van der Waals surface area contributed by atoms with Crippen LogP contribution in [0.15, 0.2) is 0 Å². The van der Waals surface area contributed by atoms with Crippen LogP contribution in [0.1, 0.15) is 24.6 Å². The number of aryl methyl sites for hydroxylation is 1. The molecule has 0 saturated carbocycles. The minimum Gasteiger partial charge on any atom is -0.306 e. The Hall–Kier alpha value is -0.610. The van der Waals surface area contributed by atoms with Gasteiger partial charge in [-0.15, -0.1) is 10.2 Å². The first-order chi connectivity index (χ1) is 8.16. The third-order valence-electron chi connectivity index (χ3n) is 2.83. The van der Waals surface area contributed by atoms with E-state index in [-0.39, 0.29) is 0 Å². The first-order valence-corrected chi connectivity index (χ1v) is 7.07. The van der Waals surface area contributed by atoms with Crippen molar-refractivity contribution in [1.82, 2.24) is 27.2 Å². The van der Waals surface area contributed by atoms with Gasteiger partial charge in [0, 0.05) is 36.0 Å². The van der Waals surface area contributed by atoms with Crippen LogP contribution in [-0.2, 0) is 6.54 Å². The zero-order valence-corrected chi connectivity index (χ0v) is 12.4. The fraction of sp³-hybridized carbons (Fsp3) is 0.556. The Labute approximate surface area is 117 Å². The maximum Gasteiger partial charge on any atom is 0.194 e. The molecule has 1 atom stereocenters. The van der Waals surface area contributed by atoms with Gasteiger partial charge in [0.15, 0.2) is 16.7 Å². The number of aromatic nitrogens is 5. The predicted octanol–water partition coefficient (Wildman–Crippen LogP) is 1.83. The van der Waals surface area contributed by atoms with Crippen molar-refractivity contribution in [3.63, 3.8) is 0 Å². The molecule has 0 radical (unpaired) electrons. The summed E-state index contributed by atoms with van der Waals surface area (Å²) in [5.41, 5.74) is 0. The van der Waals surface area contributed by atoms with E-state index in [9.17, 15) is 0 Å². The second-order valence-corrected chi connectivity index (χ2v) is 5.97. The van der Waals surface area contributed by atoms with Crippen LogP contribution in [0, 0.1) is 6.92 Å². The molecule has 0 bridgehead atoms. The average molecular weight is 362 g/mol. The molecular weight excluding hydrogens is 351 g/mol. The lowest BCUT2D eigenvalue weighted by Gasteiger charge is -2.28. The highest BCUT2D eigenvalue weighted by Gasteiger charge is 2.28. The summed E-state index contributed by atoms with van der Waals surface area (Å²) < 4.78 is 8.59. The second kappa shape index (κ2) is 4.25. The normalized spacial score (nSPS) is 20.5. The molecule has 3 rings (SSSR count). The Balaban J connectivity index is 2.07. The van der Waals surface area contributed by atoms with Crippen LogP contribution in [0.4, 0.5) is 0 Å². The molecule has 1 aliphatic rings. The summed E-state index contributed by atoms with van der Waals surface area (Å²) in [5, 5.41) is 9.39. The first-order valence-electron chi connectivity index (χ1n) is 5.33. The first kappa shape index (κ1) is 11.5. The third-order valence-corrected chi connectivity index (χ3v) is 4.95. The molecule has 2 aromatic rings. The molecule has 17 heavy (non-hydrogen) atoms. The van der Waals surface area contributed by atoms with Crippen molar-refractivity contribution in [3.05, 3.63) is 11.6 Å². The molecule has 0 amide bonds. The van der Waals surface area contributed by atoms with Gasteiger partial charge in [-0.1, -0.05) is 0 Å². The Morgan fingerprint density at radius 3 is 2.88 bits per heavy atom. The second-order valence-electron chi connectivity index (χ2n) is 3.98. The largest absolute Gasteiger partial charge is 0.306 e. The fourth-order valence-corrected chi connectivity index (χ4v) is 3.04. The lowest BCUT2D eigenvalue weighted by Crippen LogP contribution is -2.30. The van der Waals surface area contributed by atoms with Gasteiger partial charge in [-0.25, -0.2) is 8.10 Å². The summed E-state index contributed by atoms with van der Waals surface area (Å²) in [6, 6.07) is 0.291. The van der Waals surface area contributed by atoms with Crippen LogP contribution < -0.4 is 0 Å². The fourth-order valence-electron chi connectivity index (χ4n) is 1.91. The predicted molar refractivity (Wildman–Crippen MR) is 72.8 cm³/mol. The van der Waals surface area contributed by atoms with E-state index in [0.717, 1.165) is 35.6 Å². The van der Waals surface area contributed by atoms with Crippen molar-refractivity contribution in [2.24, 2.45) is 0 Å². The Kier molecular flexibility index (Phi) is 2.87. The summed E-state index contributed by atoms with van der Waals surface area (Å²) in [5.74, 6) is 2.65. The van der Waals surface area contributed by atoms with Gasteiger partial charge in [-0.2, -0.15) is 4.37 Å². The van der Waals surface area contributed by atoms with Crippen molar-refractivity contribution >= 4 is 34.4 Å². The summed E-state index contributed by atoms with van der Waals surface area (Å²) in [7, 11) is 0. The van der Waals surface area contributed by atoms with Gasteiger partial charge in [-0.3, -0.25) is 0 Å².